The molecule has 0 radical (unpaired) electrons. The van der Waals surface area contributed by atoms with Crippen molar-refractivity contribution >= 4 is 29.0 Å². The van der Waals surface area contributed by atoms with Crippen LogP contribution in [0.25, 0.3) is 0 Å². The zero-order valence-corrected chi connectivity index (χ0v) is 13.0. The number of carbonyl (C=O) groups excluding carboxylic acids is 1. The molecule has 1 aromatic heterocycles. The molecule has 2 atom stereocenters. The summed E-state index contributed by atoms with van der Waals surface area (Å²) in [5.41, 5.74) is 1.05. The van der Waals surface area contributed by atoms with Crippen LogP contribution in [0.15, 0.2) is 5.38 Å². The molecule has 1 aliphatic heterocycles. The average molecular weight is 300 g/mol. The molecule has 106 valence electrons. The van der Waals surface area contributed by atoms with Gasteiger partial charge in [0.25, 0.3) is 0 Å². The van der Waals surface area contributed by atoms with Gasteiger partial charge in [-0.05, 0) is 19.3 Å². The summed E-state index contributed by atoms with van der Waals surface area (Å²) in [6, 6.07) is 0.00890. The number of aromatic nitrogens is 1. The first kappa shape index (κ1) is 14.8. The molecule has 0 saturated carbocycles. The van der Waals surface area contributed by atoms with Crippen molar-refractivity contribution in [1.29, 1.82) is 0 Å². The van der Waals surface area contributed by atoms with Crippen LogP contribution >= 0.6 is 23.1 Å². The van der Waals surface area contributed by atoms with Gasteiger partial charge in [0.2, 0.25) is 5.91 Å². The van der Waals surface area contributed by atoms with E-state index in [0.29, 0.717) is 11.7 Å². The number of hydrogen-bond acceptors (Lipinski definition) is 5. The predicted molar refractivity (Wildman–Crippen MR) is 79.4 cm³/mol. The zero-order valence-electron chi connectivity index (χ0n) is 11.3. The summed E-state index contributed by atoms with van der Waals surface area (Å²) in [6.07, 6.45) is 0.993. The van der Waals surface area contributed by atoms with Gasteiger partial charge in [-0.3, -0.25) is 4.79 Å². The number of rotatable bonds is 5. The van der Waals surface area contributed by atoms with E-state index in [9.17, 15) is 9.90 Å². The first-order valence-electron chi connectivity index (χ1n) is 6.51. The smallest absolute Gasteiger partial charge is 0.232 e. The Labute approximate surface area is 122 Å². The normalized spacial score (nSPS) is 23.0. The highest BCUT2D eigenvalue weighted by Crippen LogP contribution is 2.24. The van der Waals surface area contributed by atoms with E-state index in [1.54, 1.807) is 23.1 Å². The molecular weight excluding hydrogens is 280 g/mol. The van der Waals surface area contributed by atoms with E-state index in [0.717, 1.165) is 29.4 Å². The van der Waals surface area contributed by atoms with Gasteiger partial charge in [0.1, 0.15) is 0 Å². The number of likely N-dealkylation sites (tertiary alicyclic amines) is 1. The van der Waals surface area contributed by atoms with E-state index in [1.165, 1.54) is 0 Å². The van der Waals surface area contributed by atoms with Crippen molar-refractivity contribution in [2.45, 2.75) is 32.1 Å². The van der Waals surface area contributed by atoms with Crippen LogP contribution in [0.2, 0.25) is 0 Å². The largest absolute Gasteiger partial charge is 0.394 e. The second-order valence-electron chi connectivity index (χ2n) is 4.95. The van der Waals surface area contributed by atoms with Gasteiger partial charge >= 0.3 is 0 Å². The Morgan fingerprint density at radius 3 is 3.11 bits per heavy atom. The summed E-state index contributed by atoms with van der Waals surface area (Å²) >= 11 is 3.24. The number of thioether (sulfide) groups is 1. The summed E-state index contributed by atoms with van der Waals surface area (Å²) in [6.45, 7) is 4.94. The third-order valence-electron chi connectivity index (χ3n) is 3.53. The molecule has 1 N–H and O–H groups in total. The number of carbonyl (C=O) groups is 1. The molecule has 1 aromatic rings. The Kier molecular flexibility index (Phi) is 5.24. The van der Waals surface area contributed by atoms with Crippen LogP contribution in [0.4, 0.5) is 0 Å². The SMILES string of the molecule is Cc1nc(CSCC(=O)N2CCC(C)C2CO)cs1. The fourth-order valence-corrected chi connectivity index (χ4v) is 3.91. The Hall–Kier alpha value is -0.590. The lowest BCUT2D eigenvalue weighted by atomic mass is 10.0. The molecule has 0 spiro atoms. The highest BCUT2D eigenvalue weighted by atomic mass is 32.2. The van der Waals surface area contributed by atoms with Gasteiger partial charge in [-0.15, -0.1) is 23.1 Å². The molecule has 0 aromatic carbocycles. The van der Waals surface area contributed by atoms with Crippen molar-refractivity contribution in [1.82, 2.24) is 9.88 Å². The third-order valence-corrected chi connectivity index (χ3v) is 5.31. The first-order chi connectivity index (χ1) is 9.11. The molecule has 4 nitrogen and oxygen atoms in total. The fourth-order valence-electron chi connectivity index (χ4n) is 2.40. The van der Waals surface area contributed by atoms with Crippen LogP contribution in [0.5, 0.6) is 0 Å². The molecule has 2 unspecified atom stereocenters. The van der Waals surface area contributed by atoms with Crippen molar-refractivity contribution in [2.75, 3.05) is 18.9 Å². The van der Waals surface area contributed by atoms with Crippen molar-refractivity contribution in [3.63, 3.8) is 0 Å². The molecule has 6 heteroatoms. The van der Waals surface area contributed by atoms with Gasteiger partial charge in [0.05, 0.1) is 29.1 Å². The summed E-state index contributed by atoms with van der Waals surface area (Å²) in [7, 11) is 0. The quantitative estimate of drug-likeness (QED) is 0.902. The Morgan fingerprint density at radius 1 is 1.68 bits per heavy atom. The zero-order chi connectivity index (χ0) is 13.8. The lowest BCUT2D eigenvalue weighted by Gasteiger charge is -2.25. The Morgan fingerprint density at radius 2 is 2.47 bits per heavy atom. The first-order valence-corrected chi connectivity index (χ1v) is 8.54. The van der Waals surface area contributed by atoms with Gasteiger partial charge < -0.3 is 10.0 Å². The lowest BCUT2D eigenvalue weighted by Crippen LogP contribution is -2.40. The predicted octanol–water partition coefficient (Wildman–Crippen LogP) is 1.91. The van der Waals surface area contributed by atoms with Crippen molar-refractivity contribution in [3.8, 4) is 0 Å². The minimum Gasteiger partial charge on any atom is -0.394 e. The van der Waals surface area contributed by atoms with E-state index < -0.39 is 0 Å². The van der Waals surface area contributed by atoms with Crippen LogP contribution in [0.3, 0.4) is 0 Å². The van der Waals surface area contributed by atoms with E-state index >= 15 is 0 Å². The number of nitrogens with zero attached hydrogens (tertiary/aromatic N) is 2. The second kappa shape index (κ2) is 6.72. The lowest BCUT2D eigenvalue weighted by molar-refractivity contribution is -0.130. The molecule has 1 saturated heterocycles. The Bertz CT molecular complexity index is 436. The van der Waals surface area contributed by atoms with Crippen molar-refractivity contribution in [3.05, 3.63) is 16.1 Å². The second-order valence-corrected chi connectivity index (χ2v) is 7.00. The van der Waals surface area contributed by atoms with E-state index in [2.05, 4.69) is 11.9 Å². The molecule has 0 bridgehead atoms. The van der Waals surface area contributed by atoms with Crippen LogP contribution in [0, 0.1) is 12.8 Å². The maximum Gasteiger partial charge on any atom is 0.232 e. The molecule has 0 aliphatic carbocycles. The van der Waals surface area contributed by atoms with Crippen LogP contribution < -0.4 is 0 Å². The van der Waals surface area contributed by atoms with E-state index in [-0.39, 0.29) is 18.6 Å². The van der Waals surface area contributed by atoms with Crippen LogP contribution in [-0.4, -0.2) is 45.8 Å². The minimum atomic E-state index is 0.00890. The van der Waals surface area contributed by atoms with E-state index in [1.807, 2.05) is 17.2 Å². The molecule has 1 amide bonds. The number of aryl methyl sites for hydroxylation is 1. The van der Waals surface area contributed by atoms with Gasteiger partial charge in [-0.1, -0.05) is 6.92 Å². The van der Waals surface area contributed by atoms with E-state index in [4.69, 9.17) is 0 Å². The van der Waals surface area contributed by atoms with Crippen LogP contribution in [0.1, 0.15) is 24.0 Å². The number of aliphatic hydroxyl groups is 1. The molecule has 19 heavy (non-hydrogen) atoms. The van der Waals surface area contributed by atoms with Gasteiger partial charge in [0.15, 0.2) is 0 Å². The van der Waals surface area contributed by atoms with Crippen molar-refractivity contribution < 1.29 is 9.90 Å². The van der Waals surface area contributed by atoms with Gasteiger partial charge in [-0.2, -0.15) is 0 Å². The maximum absolute atomic E-state index is 12.1. The fraction of sp³-hybridized carbons (Fsp3) is 0.692. The number of hydrogen-bond donors (Lipinski definition) is 1. The number of amides is 1. The maximum atomic E-state index is 12.1. The molecule has 2 heterocycles. The number of thiazole rings is 1. The topological polar surface area (TPSA) is 53.4 Å². The summed E-state index contributed by atoms with van der Waals surface area (Å²) in [5.74, 6) is 1.80. The Balaban J connectivity index is 1.78. The monoisotopic (exact) mass is 300 g/mol. The summed E-state index contributed by atoms with van der Waals surface area (Å²) < 4.78 is 0. The third kappa shape index (κ3) is 3.70. The molecule has 1 aliphatic rings. The standard InChI is InChI=1S/C13H20N2O2S2/c1-9-3-4-15(12(9)5-16)13(17)8-18-6-11-7-19-10(2)14-11/h7,9,12,16H,3-6,8H2,1-2H3. The van der Waals surface area contributed by atoms with Gasteiger partial charge in [0, 0.05) is 17.7 Å². The van der Waals surface area contributed by atoms with Crippen LogP contribution in [-0.2, 0) is 10.5 Å². The van der Waals surface area contributed by atoms with Gasteiger partial charge in [-0.25, -0.2) is 4.98 Å². The molecule has 2 rings (SSSR count). The molecule has 1 fully saturated rings. The van der Waals surface area contributed by atoms with Crippen molar-refractivity contribution in [2.24, 2.45) is 5.92 Å². The summed E-state index contributed by atoms with van der Waals surface area (Å²) in [5, 5.41) is 12.5. The summed E-state index contributed by atoms with van der Waals surface area (Å²) in [4.78, 5) is 18.4. The molecular formula is C13H20N2O2S2. The minimum absolute atomic E-state index is 0.00890. The average Bonchev–Trinajstić information content (AvgIpc) is 2.95. The highest BCUT2D eigenvalue weighted by molar-refractivity contribution is 7.99. The highest BCUT2D eigenvalue weighted by Gasteiger charge is 2.33. The number of aliphatic hydroxyl groups excluding tert-OH is 1.